The van der Waals surface area contributed by atoms with Crippen LogP contribution in [0.3, 0.4) is 0 Å². The van der Waals surface area contributed by atoms with E-state index in [4.69, 9.17) is 0 Å². The second-order valence-corrected chi connectivity index (χ2v) is 14.1. The van der Waals surface area contributed by atoms with E-state index in [1.54, 1.807) is 6.08 Å². The average Bonchev–Trinajstić information content (AvgIpc) is 3.01. The number of allylic oxidation sites excluding steroid dienone is 7. The summed E-state index contributed by atoms with van der Waals surface area (Å²) >= 11 is 0. The van der Waals surface area contributed by atoms with Gasteiger partial charge >= 0.3 is 0 Å². The number of carbonyl (C=O) groups excluding carboxylic acids is 1. The lowest BCUT2D eigenvalue weighted by Gasteiger charge is -2.22. The normalized spacial score (nSPS) is 14.6. The molecular formula is C38H69NO6S. The first kappa shape index (κ1) is 44.3. The molecule has 8 heteroatoms. The van der Waals surface area contributed by atoms with E-state index in [0.717, 1.165) is 57.8 Å². The summed E-state index contributed by atoms with van der Waals surface area (Å²) in [5.74, 6) is -1.58. The Labute approximate surface area is 282 Å². The van der Waals surface area contributed by atoms with Crippen molar-refractivity contribution in [1.82, 2.24) is 5.32 Å². The lowest BCUT2D eigenvalue weighted by molar-refractivity contribution is -0.130. The number of amides is 1. The first-order valence-electron chi connectivity index (χ1n) is 18.4. The third-order valence-electron chi connectivity index (χ3n) is 8.06. The molecular weight excluding hydrogens is 598 g/mol. The summed E-state index contributed by atoms with van der Waals surface area (Å²) in [7, 11) is -4.45. The third kappa shape index (κ3) is 30.9. The van der Waals surface area contributed by atoms with Gasteiger partial charge in [-0.25, -0.2) is 0 Å². The maximum atomic E-state index is 12.5. The quantitative estimate of drug-likeness (QED) is 0.0322. The highest BCUT2D eigenvalue weighted by Crippen LogP contribution is 2.12. The van der Waals surface area contributed by atoms with Crippen molar-refractivity contribution in [2.75, 3.05) is 5.75 Å². The van der Waals surface area contributed by atoms with Crippen LogP contribution in [-0.2, 0) is 14.9 Å². The Morgan fingerprint density at radius 1 is 0.587 bits per heavy atom. The van der Waals surface area contributed by atoms with Crippen LogP contribution >= 0.6 is 0 Å². The minimum atomic E-state index is -4.45. The SMILES string of the molecule is CCCCCC/C=C/CC/C=C/CC/C=C/C(O)C(CS(=O)(=O)O)NC(=O)C(O)CCCCCC/C=C\CCCCCCCCC. The predicted molar refractivity (Wildman–Crippen MR) is 194 cm³/mol. The highest BCUT2D eigenvalue weighted by atomic mass is 32.2. The Hall–Kier alpha value is -1.74. The van der Waals surface area contributed by atoms with Crippen molar-refractivity contribution in [3.05, 3.63) is 48.6 Å². The molecule has 0 aliphatic carbocycles. The maximum absolute atomic E-state index is 12.5. The summed E-state index contributed by atoms with van der Waals surface area (Å²) in [5.41, 5.74) is 0. The number of aliphatic hydroxyl groups excluding tert-OH is 2. The van der Waals surface area contributed by atoms with Gasteiger partial charge in [0.15, 0.2) is 0 Å². The molecule has 7 nitrogen and oxygen atoms in total. The number of aliphatic hydroxyl groups is 2. The van der Waals surface area contributed by atoms with Crippen LogP contribution in [0.4, 0.5) is 0 Å². The van der Waals surface area contributed by atoms with Gasteiger partial charge in [-0.1, -0.05) is 140 Å². The lowest BCUT2D eigenvalue weighted by atomic mass is 10.1. The molecule has 3 unspecified atom stereocenters. The van der Waals surface area contributed by atoms with Crippen molar-refractivity contribution in [2.24, 2.45) is 0 Å². The molecule has 0 aliphatic rings. The van der Waals surface area contributed by atoms with E-state index in [0.29, 0.717) is 12.8 Å². The molecule has 0 spiro atoms. The van der Waals surface area contributed by atoms with Crippen LogP contribution in [-0.4, -0.2) is 53.1 Å². The Bertz CT molecular complexity index is 927. The van der Waals surface area contributed by atoms with E-state index >= 15 is 0 Å². The Morgan fingerprint density at radius 2 is 0.978 bits per heavy atom. The molecule has 0 aliphatic heterocycles. The molecule has 3 atom stereocenters. The summed E-state index contributed by atoms with van der Waals surface area (Å²) in [4.78, 5) is 12.5. The predicted octanol–water partition coefficient (Wildman–Crippen LogP) is 9.32. The van der Waals surface area contributed by atoms with E-state index in [2.05, 4.69) is 55.6 Å². The Balaban J connectivity index is 4.22. The highest BCUT2D eigenvalue weighted by Gasteiger charge is 2.27. The summed E-state index contributed by atoms with van der Waals surface area (Å²) in [6.07, 6.45) is 38.8. The van der Waals surface area contributed by atoms with E-state index in [1.165, 1.54) is 76.7 Å². The standard InChI is InChI=1S/C38H69NO6S/c1-3-5-7-9-11-13-15-17-19-21-23-25-27-29-31-33-37(41)38(42)39-35(34-46(43,44)45)36(40)32-30-28-26-24-22-20-18-16-14-12-10-8-6-4-2/h14,16,19,21-22,24,30,32,35-37,40-41H,3-13,15,17-18,20,23,25-29,31,33-34H2,1-2H3,(H,39,42)(H,43,44,45)/b16-14+,21-19-,24-22+,32-30+. The molecule has 0 bridgehead atoms. The van der Waals surface area contributed by atoms with Crippen LogP contribution in [0.25, 0.3) is 0 Å². The molecule has 0 heterocycles. The second kappa shape index (κ2) is 31.8. The number of hydrogen-bond acceptors (Lipinski definition) is 5. The van der Waals surface area contributed by atoms with E-state index in [-0.39, 0.29) is 6.42 Å². The molecule has 0 aromatic rings. The number of nitrogens with one attached hydrogen (secondary N) is 1. The summed E-state index contributed by atoms with van der Waals surface area (Å²) in [6.45, 7) is 4.46. The van der Waals surface area contributed by atoms with Crippen LogP contribution in [0.1, 0.15) is 162 Å². The molecule has 4 N–H and O–H groups in total. The van der Waals surface area contributed by atoms with Crippen molar-refractivity contribution in [2.45, 2.75) is 180 Å². The fraction of sp³-hybridized carbons (Fsp3) is 0.763. The van der Waals surface area contributed by atoms with Crippen LogP contribution in [0.15, 0.2) is 48.6 Å². The molecule has 0 fully saturated rings. The molecule has 0 aromatic heterocycles. The molecule has 0 radical (unpaired) electrons. The van der Waals surface area contributed by atoms with E-state index in [1.807, 2.05) is 0 Å². The van der Waals surface area contributed by atoms with Gasteiger partial charge in [0.2, 0.25) is 5.91 Å². The monoisotopic (exact) mass is 667 g/mol. The molecule has 0 aromatic carbocycles. The first-order chi connectivity index (χ1) is 22.2. The zero-order chi connectivity index (χ0) is 34.1. The number of rotatable bonds is 32. The topological polar surface area (TPSA) is 124 Å². The maximum Gasteiger partial charge on any atom is 0.267 e. The molecule has 0 saturated heterocycles. The van der Waals surface area contributed by atoms with Crippen LogP contribution < -0.4 is 5.32 Å². The number of carbonyl (C=O) groups is 1. The molecule has 0 saturated carbocycles. The fourth-order valence-electron chi connectivity index (χ4n) is 5.19. The first-order valence-corrected chi connectivity index (χ1v) is 20.1. The fourth-order valence-corrected chi connectivity index (χ4v) is 5.92. The van der Waals surface area contributed by atoms with Crippen LogP contribution in [0, 0.1) is 0 Å². The van der Waals surface area contributed by atoms with Gasteiger partial charge < -0.3 is 15.5 Å². The summed E-state index contributed by atoms with van der Waals surface area (Å²) < 4.78 is 32.4. The number of unbranched alkanes of at least 4 members (excludes halogenated alkanes) is 17. The molecule has 1 amide bonds. The van der Waals surface area contributed by atoms with Gasteiger partial charge in [0.25, 0.3) is 10.1 Å². The Kier molecular flexibility index (Phi) is 30.6. The minimum absolute atomic E-state index is 0.255. The highest BCUT2D eigenvalue weighted by molar-refractivity contribution is 7.85. The number of hydrogen-bond donors (Lipinski definition) is 4. The van der Waals surface area contributed by atoms with Crippen LogP contribution in [0.2, 0.25) is 0 Å². The van der Waals surface area contributed by atoms with Gasteiger partial charge in [-0.15, -0.1) is 0 Å². The average molecular weight is 668 g/mol. The van der Waals surface area contributed by atoms with Crippen molar-refractivity contribution >= 4 is 16.0 Å². The van der Waals surface area contributed by atoms with E-state index < -0.39 is 40.0 Å². The van der Waals surface area contributed by atoms with Gasteiger partial charge in [-0.2, -0.15) is 8.42 Å². The molecule has 0 rings (SSSR count). The van der Waals surface area contributed by atoms with Crippen molar-refractivity contribution in [1.29, 1.82) is 0 Å². The van der Waals surface area contributed by atoms with Gasteiger partial charge in [-0.05, 0) is 70.6 Å². The zero-order valence-corrected chi connectivity index (χ0v) is 30.1. The Morgan fingerprint density at radius 3 is 1.46 bits per heavy atom. The summed E-state index contributed by atoms with van der Waals surface area (Å²) in [6, 6.07) is -1.26. The van der Waals surface area contributed by atoms with Crippen LogP contribution in [0.5, 0.6) is 0 Å². The minimum Gasteiger partial charge on any atom is -0.387 e. The molecule has 46 heavy (non-hydrogen) atoms. The van der Waals surface area contributed by atoms with Gasteiger partial charge in [-0.3, -0.25) is 9.35 Å². The van der Waals surface area contributed by atoms with Gasteiger partial charge in [0, 0.05) is 0 Å². The third-order valence-corrected chi connectivity index (χ3v) is 8.84. The molecule has 268 valence electrons. The van der Waals surface area contributed by atoms with Crippen molar-refractivity contribution in [3.8, 4) is 0 Å². The zero-order valence-electron chi connectivity index (χ0n) is 29.3. The summed E-state index contributed by atoms with van der Waals surface area (Å²) in [5, 5.41) is 23.2. The largest absolute Gasteiger partial charge is 0.387 e. The van der Waals surface area contributed by atoms with Crippen molar-refractivity contribution < 1.29 is 28.0 Å². The second-order valence-electron chi connectivity index (χ2n) is 12.6. The van der Waals surface area contributed by atoms with Gasteiger partial charge in [0.1, 0.15) is 6.10 Å². The van der Waals surface area contributed by atoms with E-state index in [9.17, 15) is 28.0 Å². The smallest absolute Gasteiger partial charge is 0.267 e. The van der Waals surface area contributed by atoms with Gasteiger partial charge in [0.05, 0.1) is 17.9 Å². The lowest BCUT2D eigenvalue weighted by Crippen LogP contribution is -2.50. The van der Waals surface area contributed by atoms with Crippen molar-refractivity contribution in [3.63, 3.8) is 0 Å².